The van der Waals surface area contributed by atoms with Gasteiger partial charge in [0.15, 0.2) is 10.8 Å². The lowest BCUT2D eigenvalue weighted by Gasteiger charge is -2.05. The fraction of sp³-hybridized carbons (Fsp3) is 0.143. The van der Waals surface area contributed by atoms with Gasteiger partial charge in [0, 0.05) is 0 Å². The molecule has 1 unspecified atom stereocenters. The van der Waals surface area contributed by atoms with Crippen LogP contribution >= 0.6 is 0 Å². The molecule has 0 saturated carbocycles. The van der Waals surface area contributed by atoms with Crippen LogP contribution in [0.3, 0.4) is 0 Å². The Kier molecular flexibility index (Phi) is 2.70. The summed E-state index contributed by atoms with van der Waals surface area (Å²) in [6.07, 6.45) is 0. The van der Waals surface area contributed by atoms with Crippen molar-refractivity contribution in [3.63, 3.8) is 0 Å². The minimum Gasteiger partial charge on any atom is -0.245 e. The van der Waals surface area contributed by atoms with Crippen molar-refractivity contribution < 1.29 is 21.8 Å². The van der Waals surface area contributed by atoms with Crippen molar-refractivity contribution in [1.29, 1.82) is 0 Å². The minimum atomic E-state index is -4.84. The summed E-state index contributed by atoms with van der Waals surface area (Å²) in [5.74, 6) is -0.838. The molecule has 1 aromatic carbocycles. The number of benzene rings is 1. The van der Waals surface area contributed by atoms with Gasteiger partial charge in [-0.2, -0.15) is 13.2 Å². The Morgan fingerprint density at radius 3 is 2.31 bits per heavy atom. The Bertz CT molecular complexity index is 334. The van der Waals surface area contributed by atoms with Crippen LogP contribution in [0.15, 0.2) is 29.2 Å². The molecule has 0 saturated heterocycles. The van der Waals surface area contributed by atoms with E-state index in [0.29, 0.717) is 6.07 Å². The van der Waals surface area contributed by atoms with E-state index in [1.807, 2.05) is 0 Å². The van der Waals surface area contributed by atoms with E-state index in [0.717, 1.165) is 18.2 Å². The summed E-state index contributed by atoms with van der Waals surface area (Å²) in [6, 6.07) is 3.63. The zero-order valence-corrected chi connectivity index (χ0v) is 6.95. The van der Waals surface area contributed by atoms with Gasteiger partial charge in [0.2, 0.25) is 0 Å². The van der Waals surface area contributed by atoms with Gasteiger partial charge in [0.25, 0.3) is 0 Å². The zero-order chi connectivity index (χ0) is 10.1. The lowest BCUT2D eigenvalue weighted by Crippen LogP contribution is -2.16. The van der Waals surface area contributed by atoms with Gasteiger partial charge in [-0.25, -0.2) is 8.60 Å². The van der Waals surface area contributed by atoms with Crippen LogP contribution in [0.5, 0.6) is 0 Å². The van der Waals surface area contributed by atoms with Crippen molar-refractivity contribution in [1.82, 2.24) is 0 Å². The molecule has 1 atom stereocenters. The van der Waals surface area contributed by atoms with Crippen LogP contribution < -0.4 is 0 Å². The normalized spacial score (nSPS) is 14.2. The lowest BCUT2D eigenvalue weighted by molar-refractivity contribution is -0.0384. The highest BCUT2D eigenvalue weighted by atomic mass is 32.2. The maximum Gasteiger partial charge on any atom is 0.475 e. The van der Waals surface area contributed by atoms with Crippen LogP contribution in [0.1, 0.15) is 0 Å². The van der Waals surface area contributed by atoms with Crippen LogP contribution in [0.2, 0.25) is 0 Å². The molecule has 1 nitrogen and oxygen atoms in total. The first-order valence-electron chi connectivity index (χ1n) is 3.15. The molecule has 0 bridgehead atoms. The Hall–Kier alpha value is -0.910. The van der Waals surface area contributed by atoms with Crippen LogP contribution in [0.25, 0.3) is 0 Å². The summed E-state index contributed by atoms with van der Waals surface area (Å²) in [5.41, 5.74) is -4.84. The third-order valence-electron chi connectivity index (χ3n) is 1.22. The second-order valence-corrected chi connectivity index (χ2v) is 3.64. The van der Waals surface area contributed by atoms with Gasteiger partial charge in [-0.05, 0) is 18.2 Å². The van der Waals surface area contributed by atoms with E-state index in [1.54, 1.807) is 0 Å². The molecule has 6 heteroatoms. The van der Waals surface area contributed by atoms with Crippen molar-refractivity contribution in [3.8, 4) is 0 Å². The molecule has 1 rings (SSSR count). The van der Waals surface area contributed by atoms with Crippen molar-refractivity contribution in [2.45, 2.75) is 10.4 Å². The molecule has 0 spiro atoms. The van der Waals surface area contributed by atoms with Crippen molar-refractivity contribution in [2.24, 2.45) is 0 Å². The highest BCUT2D eigenvalue weighted by Gasteiger charge is 2.37. The molecule has 0 heterocycles. The highest BCUT2D eigenvalue weighted by molar-refractivity contribution is 7.86. The fourth-order valence-corrected chi connectivity index (χ4v) is 1.41. The molecule has 0 aliphatic heterocycles. The molecular formula is C7H4F4OS. The standard InChI is InChI=1S/C7H4F4OS/c8-5-2-1-3-6(4-5)13(12)7(9,10)11/h1-4H. The predicted molar refractivity (Wildman–Crippen MR) is 38.9 cm³/mol. The summed E-state index contributed by atoms with van der Waals surface area (Å²) < 4.78 is 58.6. The molecular weight excluding hydrogens is 208 g/mol. The van der Waals surface area contributed by atoms with Gasteiger partial charge in [-0.15, -0.1) is 0 Å². The fourth-order valence-electron chi connectivity index (χ4n) is 0.716. The summed E-state index contributed by atoms with van der Waals surface area (Å²) >= 11 is 0. The average Bonchev–Trinajstić information content (AvgIpc) is 2.01. The smallest absolute Gasteiger partial charge is 0.245 e. The first-order valence-corrected chi connectivity index (χ1v) is 4.30. The van der Waals surface area contributed by atoms with E-state index >= 15 is 0 Å². The molecule has 0 N–H and O–H groups in total. The van der Waals surface area contributed by atoms with Crippen LogP contribution in [-0.2, 0) is 10.8 Å². The third-order valence-corrected chi connectivity index (χ3v) is 2.32. The summed E-state index contributed by atoms with van der Waals surface area (Å²) in [4.78, 5) is -0.576. The Balaban J connectivity index is 3.03. The highest BCUT2D eigenvalue weighted by Crippen LogP contribution is 2.26. The first-order chi connectivity index (χ1) is 5.91. The van der Waals surface area contributed by atoms with E-state index in [1.165, 1.54) is 0 Å². The molecule has 0 aliphatic rings. The maximum absolute atomic E-state index is 12.4. The number of hydrogen-bond acceptors (Lipinski definition) is 1. The van der Waals surface area contributed by atoms with Gasteiger partial charge >= 0.3 is 5.51 Å². The van der Waals surface area contributed by atoms with Crippen LogP contribution in [0, 0.1) is 5.82 Å². The summed E-state index contributed by atoms with van der Waals surface area (Å²) in [7, 11) is -3.15. The SMILES string of the molecule is O=S(c1cccc(F)c1)C(F)(F)F. The summed E-state index contributed by atoms with van der Waals surface area (Å²) in [6.45, 7) is 0. The van der Waals surface area contributed by atoms with E-state index in [2.05, 4.69) is 0 Å². The van der Waals surface area contributed by atoms with E-state index < -0.39 is 27.0 Å². The Morgan fingerprint density at radius 1 is 1.23 bits per heavy atom. The topological polar surface area (TPSA) is 17.1 Å². The number of rotatable bonds is 1. The largest absolute Gasteiger partial charge is 0.475 e. The molecule has 72 valence electrons. The Labute approximate surface area is 73.8 Å². The molecule has 0 fully saturated rings. The predicted octanol–water partition coefficient (Wildman–Crippen LogP) is 2.45. The summed E-state index contributed by atoms with van der Waals surface area (Å²) in [5, 5.41) is 0. The maximum atomic E-state index is 12.4. The molecule has 1 aromatic rings. The third kappa shape index (κ3) is 2.51. The van der Waals surface area contributed by atoms with Gasteiger partial charge < -0.3 is 0 Å². The number of alkyl halides is 3. The number of halogens is 4. The van der Waals surface area contributed by atoms with Gasteiger partial charge in [-0.3, -0.25) is 0 Å². The molecule has 0 aromatic heterocycles. The molecule has 0 amide bonds. The first kappa shape index (κ1) is 10.2. The van der Waals surface area contributed by atoms with E-state index in [9.17, 15) is 21.8 Å². The quantitative estimate of drug-likeness (QED) is 0.653. The second-order valence-electron chi connectivity index (χ2n) is 2.17. The minimum absolute atomic E-state index is 0.576. The zero-order valence-electron chi connectivity index (χ0n) is 6.14. The Morgan fingerprint density at radius 2 is 1.85 bits per heavy atom. The van der Waals surface area contributed by atoms with Crippen molar-refractivity contribution >= 4 is 10.8 Å². The lowest BCUT2D eigenvalue weighted by atomic mass is 10.4. The number of hydrogen-bond donors (Lipinski definition) is 0. The van der Waals surface area contributed by atoms with Crippen molar-refractivity contribution in [2.75, 3.05) is 0 Å². The molecule has 0 aliphatic carbocycles. The van der Waals surface area contributed by atoms with Crippen LogP contribution in [-0.4, -0.2) is 9.72 Å². The second kappa shape index (κ2) is 3.45. The monoisotopic (exact) mass is 212 g/mol. The molecule has 0 radical (unpaired) electrons. The van der Waals surface area contributed by atoms with E-state index in [-0.39, 0.29) is 0 Å². The van der Waals surface area contributed by atoms with Crippen LogP contribution in [0.4, 0.5) is 17.6 Å². The average molecular weight is 212 g/mol. The molecule has 13 heavy (non-hydrogen) atoms. The van der Waals surface area contributed by atoms with Gasteiger partial charge in [0.1, 0.15) is 5.82 Å². The van der Waals surface area contributed by atoms with Gasteiger partial charge in [0.05, 0.1) is 4.90 Å². The van der Waals surface area contributed by atoms with Gasteiger partial charge in [-0.1, -0.05) is 6.07 Å². The van der Waals surface area contributed by atoms with E-state index in [4.69, 9.17) is 0 Å². The van der Waals surface area contributed by atoms with Crippen molar-refractivity contribution in [3.05, 3.63) is 30.1 Å².